The third-order valence-electron chi connectivity index (χ3n) is 3.35. The number of benzene rings is 2. The van der Waals surface area contributed by atoms with E-state index in [0.29, 0.717) is 16.5 Å². The Kier molecular flexibility index (Phi) is 3.35. The number of rotatable bonds is 2. The van der Waals surface area contributed by atoms with Gasteiger partial charge in [0.05, 0.1) is 10.7 Å². The molecule has 0 radical (unpaired) electrons. The van der Waals surface area contributed by atoms with Gasteiger partial charge in [-0.2, -0.15) is 4.68 Å². The predicted octanol–water partition coefficient (Wildman–Crippen LogP) is 3.18. The van der Waals surface area contributed by atoms with E-state index in [-0.39, 0.29) is 0 Å². The fourth-order valence-electron chi connectivity index (χ4n) is 2.36. The van der Waals surface area contributed by atoms with Gasteiger partial charge in [0.25, 0.3) is 0 Å². The first-order chi connectivity index (χ1) is 10.1. The number of nitrogen functional groups attached to an aromatic ring is 1. The molecule has 0 bridgehead atoms. The molecule has 2 aromatic carbocycles. The Balaban J connectivity index is 2.22. The lowest BCUT2D eigenvalue weighted by Gasteiger charge is -2.11. The first-order valence-electron chi connectivity index (χ1n) is 6.48. The maximum absolute atomic E-state index is 6.27. The number of hydrogen-bond acceptors (Lipinski definition) is 4. The van der Waals surface area contributed by atoms with Crippen LogP contribution in [0.4, 0.5) is 5.69 Å². The number of nitrogens with zero attached hydrogens (tertiary/aromatic N) is 4. The second-order valence-corrected chi connectivity index (χ2v) is 5.30. The molecular weight excluding hydrogens is 286 g/mol. The van der Waals surface area contributed by atoms with Crippen molar-refractivity contribution in [3.63, 3.8) is 0 Å². The molecule has 0 aliphatic heterocycles. The molecule has 0 aliphatic carbocycles. The van der Waals surface area contributed by atoms with E-state index in [9.17, 15) is 0 Å². The van der Waals surface area contributed by atoms with E-state index in [4.69, 9.17) is 17.3 Å². The van der Waals surface area contributed by atoms with Gasteiger partial charge in [-0.3, -0.25) is 0 Å². The van der Waals surface area contributed by atoms with Gasteiger partial charge in [0.1, 0.15) is 0 Å². The number of halogens is 1. The molecule has 0 aliphatic rings. The van der Waals surface area contributed by atoms with Gasteiger partial charge in [-0.15, -0.1) is 5.10 Å². The van der Waals surface area contributed by atoms with E-state index >= 15 is 0 Å². The van der Waals surface area contributed by atoms with Crippen molar-refractivity contribution in [3.05, 3.63) is 52.5 Å². The molecule has 0 spiro atoms. The van der Waals surface area contributed by atoms with Crippen molar-refractivity contribution in [2.75, 3.05) is 5.73 Å². The summed E-state index contributed by atoms with van der Waals surface area (Å²) in [5, 5.41) is 12.5. The first-order valence-corrected chi connectivity index (χ1v) is 6.86. The first kappa shape index (κ1) is 13.6. The summed E-state index contributed by atoms with van der Waals surface area (Å²) in [7, 11) is 0. The van der Waals surface area contributed by atoms with Gasteiger partial charge in [0, 0.05) is 11.3 Å². The zero-order chi connectivity index (χ0) is 15.0. The summed E-state index contributed by atoms with van der Waals surface area (Å²) in [5.74, 6) is 0.595. The van der Waals surface area contributed by atoms with Gasteiger partial charge in [-0.25, -0.2) is 0 Å². The van der Waals surface area contributed by atoms with Gasteiger partial charge >= 0.3 is 0 Å². The Morgan fingerprint density at radius 3 is 2.48 bits per heavy atom. The van der Waals surface area contributed by atoms with Crippen LogP contribution in [-0.4, -0.2) is 20.2 Å². The summed E-state index contributed by atoms with van der Waals surface area (Å²) in [4.78, 5) is 0. The number of para-hydroxylation sites is 1. The Hall–Kier alpha value is -2.40. The third-order valence-corrected chi connectivity index (χ3v) is 3.67. The summed E-state index contributed by atoms with van der Waals surface area (Å²) >= 11 is 6.27. The molecule has 5 nitrogen and oxygen atoms in total. The maximum atomic E-state index is 6.27. The second-order valence-electron chi connectivity index (χ2n) is 4.89. The number of nitrogens with two attached hydrogens (primary N) is 1. The molecule has 0 unspecified atom stereocenters. The number of hydrogen-bond donors (Lipinski definition) is 1. The van der Waals surface area contributed by atoms with Crippen LogP contribution in [0.1, 0.15) is 11.1 Å². The molecule has 3 rings (SSSR count). The normalized spacial score (nSPS) is 10.8. The molecule has 0 amide bonds. The maximum Gasteiger partial charge on any atom is 0.188 e. The summed E-state index contributed by atoms with van der Waals surface area (Å²) in [6.45, 7) is 4.05. The lowest BCUT2D eigenvalue weighted by atomic mass is 10.1. The molecule has 1 aromatic heterocycles. The van der Waals surface area contributed by atoms with Crippen LogP contribution in [0, 0.1) is 13.8 Å². The monoisotopic (exact) mass is 299 g/mol. The van der Waals surface area contributed by atoms with E-state index in [0.717, 1.165) is 22.4 Å². The summed E-state index contributed by atoms with van der Waals surface area (Å²) in [6.07, 6.45) is 0. The Bertz CT molecular complexity index is 789. The summed E-state index contributed by atoms with van der Waals surface area (Å²) < 4.78 is 1.71. The Morgan fingerprint density at radius 1 is 1.10 bits per heavy atom. The van der Waals surface area contributed by atoms with Crippen LogP contribution in [0.3, 0.4) is 0 Å². The second kappa shape index (κ2) is 5.18. The zero-order valence-corrected chi connectivity index (χ0v) is 12.5. The number of aromatic nitrogens is 4. The highest BCUT2D eigenvalue weighted by Gasteiger charge is 2.16. The van der Waals surface area contributed by atoms with Crippen LogP contribution in [0.15, 0.2) is 36.4 Å². The molecule has 3 aromatic rings. The topological polar surface area (TPSA) is 69.6 Å². The molecule has 2 N–H and O–H groups in total. The van der Waals surface area contributed by atoms with Gasteiger partial charge in [0.2, 0.25) is 0 Å². The molecule has 0 atom stereocenters. The predicted molar refractivity (Wildman–Crippen MR) is 83.5 cm³/mol. The van der Waals surface area contributed by atoms with Crippen LogP contribution < -0.4 is 5.73 Å². The molecule has 21 heavy (non-hydrogen) atoms. The van der Waals surface area contributed by atoms with Gasteiger partial charge in [-0.1, -0.05) is 29.8 Å². The van der Waals surface area contributed by atoms with Crippen LogP contribution >= 0.6 is 11.6 Å². The number of anilines is 1. The summed E-state index contributed by atoms with van der Waals surface area (Å²) in [6, 6.07) is 11.4. The zero-order valence-electron chi connectivity index (χ0n) is 11.7. The molecule has 6 heteroatoms. The van der Waals surface area contributed by atoms with Crippen molar-refractivity contribution in [1.29, 1.82) is 0 Å². The van der Waals surface area contributed by atoms with Crippen LogP contribution in [0.2, 0.25) is 5.02 Å². The minimum Gasteiger partial charge on any atom is -0.399 e. The summed E-state index contributed by atoms with van der Waals surface area (Å²) in [5.41, 5.74) is 10.2. The molecule has 106 valence electrons. The van der Waals surface area contributed by atoms with E-state index in [2.05, 4.69) is 15.5 Å². The fourth-order valence-corrected chi connectivity index (χ4v) is 2.63. The minimum atomic E-state index is 0.525. The van der Waals surface area contributed by atoms with Crippen molar-refractivity contribution in [2.45, 2.75) is 13.8 Å². The molecule has 0 saturated heterocycles. The van der Waals surface area contributed by atoms with Crippen LogP contribution in [0.25, 0.3) is 17.1 Å². The van der Waals surface area contributed by atoms with Crippen molar-refractivity contribution in [3.8, 4) is 17.1 Å². The smallest absolute Gasteiger partial charge is 0.188 e. The van der Waals surface area contributed by atoms with Gasteiger partial charge in [-0.05, 0) is 53.6 Å². The highest BCUT2D eigenvalue weighted by molar-refractivity contribution is 6.33. The third kappa shape index (κ3) is 2.36. The largest absolute Gasteiger partial charge is 0.399 e. The minimum absolute atomic E-state index is 0.525. The standard InChI is InChI=1S/C15H14ClN5/c1-9-4-3-5-10(2)14(9)21-15(18-19-20-21)12-7-6-11(17)8-13(12)16/h3-8H,17H2,1-2H3. The molecule has 0 fully saturated rings. The molecule has 1 heterocycles. The van der Waals surface area contributed by atoms with Crippen molar-refractivity contribution in [2.24, 2.45) is 0 Å². The Labute approximate surface area is 127 Å². The SMILES string of the molecule is Cc1cccc(C)c1-n1nnnc1-c1ccc(N)cc1Cl. The van der Waals surface area contributed by atoms with Crippen LogP contribution in [0.5, 0.6) is 0 Å². The Morgan fingerprint density at radius 2 is 1.81 bits per heavy atom. The van der Waals surface area contributed by atoms with Gasteiger partial charge < -0.3 is 5.73 Å². The molecular formula is C15H14ClN5. The fraction of sp³-hybridized carbons (Fsp3) is 0.133. The van der Waals surface area contributed by atoms with E-state index < -0.39 is 0 Å². The quantitative estimate of drug-likeness (QED) is 0.738. The average molecular weight is 300 g/mol. The van der Waals surface area contributed by atoms with Crippen molar-refractivity contribution in [1.82, 2.24) is 20.2 Å². The van der Waals surface area contributed by atoms with Gasteiger partial charge in [0.15, 0.2) is 5.82 Å². The lowest BCUT2D eigenvalue weighted by Crippen LogP contribution is -2.04. The van der Waals surface area contributed by atoms with E-state index in [1.54, 1.807) is 16.8 Å². The van der Waals surface area contributed by atoms with Crippen molar-refractivity contribution < 1.29 is 0 Å². The number of tetrazole rings is 1. The highest BCUT2D eigenvalue weighted by atomic mass is 35.5. The van der Waals surface area contributed by atoms with Crippen molar-refractivity contribution >= 4 is 17.3 Å². The highest BCUT2D eigenvalue weighted by Crippen LogP contribution is 2.30. The van der Waals surface area contributed by atoms with E-state index in [1.807, 2.05) is 38.1 Å². The number of aryl methyl sites for hydroxylation is 2. The van der Waals surface area contributed by atoms with E-state index in [1.165, 1.54) is 0 Å². The molecule has 0 saturated carbocycles. The average Bonchev–Trinajstić information content (AvgIpc) is 2.87. The lowest BCUT2D eigenvalue weighted by molar-refractivity contribution is 0.783. The van der Waals surface area contributed by atoms with Crippen LogP contribution in [-0.2, 0) is 0 Å².